The maximum absolute atomic E-state index is 10.3. The molecule has 0 unspecified atom stereocenters. The lowest BCUT2D eigenvalue weighted by Gasteiger charge is -2.31. The van der Waals surface area contributed by atoms with Crippen LogP contribution in [0, 0.1) is 0 Å². The van der Waals surface area contributed by atoms with Crippen LogP contribution >= 0.6 is 0 Å². The van der Waals surface area contributed by atoms with Crippen molar-refractivity contribution < 1.29 is 10.0 Å². The summed E-state index contributed by atoms with van der Waals surface area (Å²) in [6.07, 6.45) is 0. The Morgan fingerprint density at radius 2 is 1.16 bits per heavy atom. The molecule has 0 heterocycles. The Hall–Kier alpha value is -4.12. The minimum atomic E-state index is -1.60. The molecule has 0 radical (unpaired) electrons. The van der Waals surface area contributed by atoms with E-state index in [0.29, 0.717) is 5.46 Å². The van der Waals surface area contributed by atoms with Crippen molar-refractivity contribution >= 4 is 29.6 Å². The van der Waals surface area contributed by atoms with E-state index in [4.69, 9.17) is 0 Å². The molecule has 4 heteroatoms. The Bertz CT molecular complexity index is 1590. The number of para-hydroxylation sites is 2. The molecule has 0 atom stereocenters. The van der Waals surface area contributed by atoms with Crippen LogP contribution in [0.25, 0.3) is 22.3 Å². The maximum Gasteiger partial charge on any atom is 0.490 e. The van der Waals surface area contributed by atoms with E-state index in [-0.39, 0.29) is 5.41 Å². The first-order chi connectivity index (χ1) is 18.0. The van der Waals surface area contributed by atoms with E-state index in [1.807, 2.05) is 48.5 Å². The maximum atomic E-state index is 10.3. The van der Waals surface area contributed by atoms with E-state index >= 15 is 0 Å². The summed E-state index contributed by atoms with van der Waals surface area (Å²) in [6, 6.07) is 41.3. The number of benzene rings is 5. The van der Waals surface area contributed by atoms with Gasteiger partial charge in [0, 0.05) is 27.8 Å². The summed E-state index contributed by atoms with van der Waals surface area (Å²) in [5, 5.41) is 20.6. The van der Waals surface area contributed by atoms with E-state index in [1.54, 1.807) is 6.07 Å². The quantitative estimate of drug-likeness (QED) is 0.271. The molecule has 0 saturated carbocycles. The van der Waals surface area contributed by atoms with Gasteiger partial charge in [-0.25, -0.2) is 0 Å². The number of rotatable bonds is 5. The van der Waals surface area contributed by atoms with Crippen molar-refractivity contribution in [1.29, 1.82) is 0 Å². The minimum Gasteiger partial charge on any atom is -0.423 e. The Morgan fingerprint density at radius 3 is 1.92 bits per heavy atom. The molecule has 1 aliphatic rings. The Balaban J connectivity index is 1.61. The minimum absolute atomic E-state index is 0.150. The van der Waals surface area contributed by atoms with Crippen molar-refractivity contribution in [1.82, 2.24) is 0 Å². The average Bonchev–Trinajstić information content (AvgIpc) is 3.16. The highest BCUT2D eigenvalue weighted by Crippen LogP contribution is 2.51. The molecule has 1 aliphatic carbocycles. The van der Waals surface area contributed by atoms with Gasteiger partial charge in [-0.1, -0.05) is 111 Å². The fourth-order valence-corrected chi connectivity index (χ4v) is 5.68. The molecule has 5 aromatic rings. The molecule has 0 fully saturated rings. The summed E-state index contributed by atoms with van der Waals surface area (Å²) in [7, 11) is -1.60. The Kier molecular flexibility index (Phi) is 5.71. The fourth-order valence-electron chi connectivity index (χ4n) is 5.68. The first-order valence-electron chi connectivity index (χ1n) is 12.6. The van der Waals surface area contributed by atoms with Crippen LogP contribution in [0.2, 0.25) is 0 Å². The number of anilines is 3. The topological polar surface area (TPSA) is 43.7 Å². The normalized spacial score (nSPS) is 13.1. The van der Waals surface area contributed by atoms with Crippen molar-refractivity contribution in [2.75, 3.05) is 4.90 Å². The van der Waals surface area contributed by atoms with Gasteiger partial charge in [-0.3, -0.25) is 0 Å². The predicted octanol–water partition coefficient (Wildman–Crippen LogP) is 6.81. The number of nitrogens with zero attached hydrogens (tertiary/aromatic N) is 1. The first-order valence-corrected chi connectivity index (χ1v) is 12.6. The molecular formula is C33H28BNO2. The first kappa shape index (κ1) is 23.3. The molecule has 180 valence electrons. The van der Waals surface area contributed by atoms with Crippen LogP contribution in [0.1, 0.15) is 25.0 Å². The second-order valence-electron chi connectivity index (χ2n) is 10.1. The summed E-state index contributed by atoms with van der Waals surface area (Å²) in [6.45, 7) is 4.55. The van der Waals surface area contributed by atoms with Gasteiger partial charge in [0.1, 0.15) is 0 Å². The lowest BCUT2D eigenvalue weighted by atomic mass is 9.78. The molecule has 0 spiro atoms. The van der Waals surface area contributed by atoms with Gasteiger partial charge in [-0.05, 0) is 52.1 Å². The van der Waals surface area contributed by atoms with Crippen molar-refractivity contribution in [2.45, 2.75) is 19.3 Å². The molecule has 5 aromatic carbocycles. The third-order valence-electron chi connectivity index (χ3n) is 7.51. The summed E-state index contributed by atoms with van der Waals surface area (Å²) in [5.41, 5.74) is 10.2. The zero-order valence-corrected chi connectivity index (χ0v) is 21.0. The molecular weight excluding hydrogens is 453 g/mol. The van der Waals surface area contributed by atoms with Crippen LogP contribution < -0.4 is 10.4 Å². The average molecular weight is 481 g/mol. The molecule has 0 saturated heterocycles. The van der Waals surface area contributed by atoms with E-state index < -0.39 is 7.12 Å². The standard InChI is InChI=1S/C33H28BNO2/c1-33(2)28-16-8-6-15-26(28)27-21-20-24(22-29(27)33)35(32-19-11-9-17-30(32)34(36)37)31-18-10-7-14-25(31)23-12-4-3-5-13-23/h3-22,36-37H,1-2H3. The summed E-state index contributed by atoms with van der Waals surface area (Å²) in [4.78, 5) is 2.15. The van der Waals surface area contributed by atoms with Gasteiger partial charge >= 0.3 is 7.12 Å². The lowest BCUT2D eigenvalue weighted by molar-refractivity contribution is 0.426. The van der Waals surface area contributed by atoms with Crippen LogP contribution in [-0.4, -0.2) is 17.2 Å². The zero-order valence-electron chi connectivity index (χ0n) is 21.0. The molecule has 0 aromatic heterocycles. The zero-order chi connectivity index (χ0) is 25.6. The number of hydrogen-bond acceptors (Lipinski definition) is 3. The van der Waals surface area contributed by atoms with Crippen molar-refractivity contribution in [3.05, 3.63) is 132 Å². The van der Waals surface area contributed by atoms with Crippen LogP contribution in [0.3, 0.4) is 0 Å². The molecule has 0 amide bonds. The highest BCUT2D eigenvalue weighted by molar-refractivity contribution is 6.60. The third-order valence-corrected chi connectivity index (χ3v) is 7.51. The van der Waals surface area contributed by atoms with Gasteiger partial charge in [0.2, 0.25) is 0 Å². The third kappa shape index (κ3) is 3.86. The molecule has 0 bridgehead atoms. The van der Waals surface area contributed by atoms with Crippen molar-refractivity contribution in [2.24, 2.45) is 0 Å². The van der Waals surface area contributed by atoms with Gasteiger partial charge in [-0.2, -0.15) is 0 Å². The van der Waals surface area contributed by atoms with Gasteiger partial charge in [0.25, 0.3) is 0 Å². The SMILES string of the molecule is CC1(C)c2ccccc2-c2ccc(N(c3ccccc3B(O)O)c3ccccc3-c3ccccc3)cc21. The molecule has 3 nitrogen and oxygen atoms in total. The van der Waals surface area contributed by atoms with Crippen LogP contribution in [0.5, 0.6) is 0 Å². The summed E-state index contributed by atoms with van der Waals surface area (Å²) < 4.78 is 0. The smallest absolute Gasteiger partial charge is 0.423 e. The van der Waals surface area contributed by atoms with Crippen LogP contribution in [0.15, 0.2) is 121 Å². The van der Waals surface area contributed by atoms with Gasteiger partial charge in [0.05, 0.1) is 5.69 Å². The largest absolute Gasteiger partial charge is 0.490 e. The van der Waals surface area contributed by atoms with Crippen LogP contribution in [-0.2, 0) is 5.41 Å². The predicted molar refractivity (Wildman–Crippen MR) is 154 cm³/mol. The van der Waals surface area contributed by atoms with Gasteiger partial charge in [-0.15, -0.1) is 0 Å². The highest BCUT2D eigenvalue weighted by Gasteiger charge is 2.36. The van der Waals surface area contributed by atoms with Gasteiger partial charge in [0.15, 0.2) is 0 Å². The van der Waals surface area contributed by atoms with Crippen LogP contribution in [0.4, 0.5) is 17.1 Å². The Labute approximate surface area is 218 Å². The van der Waals surface area contributed by atoms with Crippen molar-refractivity contribution in [3.8, 4) is 22.3 Å². The monoisotopic (exact) mass is 481 g/mol. The van der Waals surface area contributed by atoms with Gasteiger partial charge < -0.3 is 14.9 Å². The van der Waals surface area contributed by atoms with E-state index in [2.05, 4.69) is 85.5 Å². The number of hydrogen-bond donors (Lipinski definition) is 2. The second-order valence-corrected chi connectivity index (χ2v) is 10.1. The molecule has 6 rings (SSSR count). The Morgan fingerprint density at radius 1 is 0.568 bits per heavy atom. The fraction of sp³-hybridized carbons (Fsp3) is 0.0909. The van der Waals surface area contributed by atoms with Crippen molar-refractivity contribution in [3.63, 3.8) is 0 Å². The molecule has 0 aliphatic heterocycles. The van der Waals surface area contributed by atoms with E-state index in [0.717, 1.165) is 28.2 Å². The van der Waals surface area contributed by atoms with E-state index in [9.17, 15) is 10.0 Å². The highest BCUT2D eigenvalue weighted by atomic mass is 16.4. The number of fused-ring (bicyclic) bond motifs is 3. The molecule has 37 heavy (non-hydrogen) atoms. The summed E-state index contributed by atoms with van der Waals surface area (Å²) >= 11 is 0. The second kappa shape index (κ2) is 9.08. The molecule has 2 N–H and O–H groups in total. The lowest BCUT2D eigenvalue weighted by Crippen LogP contribution is -2.34. The summed E-state index contributed by atoms with van der Waals surface area (Å²) in [5.74, 6) is 0. The van der Waals surface area contributed by atoms with E-state index in [1.165, 1.54) is 22.3 Å².